The fourth-order valence-electron chi connectivity index (χ4n) is 2.65. The summed E-state index contributed by atoms with van der Waals surface area (Å²) < 4.78 is 5.80. The fraction of sp³-hybridized carbons (Fsp3) is 0.588. The molecule has 1 heterocycles. The zero-order valence-corrected chi connectivity index (χ0v) is 14.5. The highest BCUT2D eigenvalue weighted by Gasteiger charge is 2.30. The van der Waals surface area contributed by atoms with Gasteiger partial charge < -0.3 is 15.8 Å². The smallest absolute Gasteiger partial charge is 0.261 e. The van der Waals surface area contributed by atoms with Gasteiger partial charge in [0, 0.05) is 19.0 Å². The topological polar surface area (TPSA) is 64.3 Å². The van der Waals surface area contributed by atoms with Gasteiger partial charge in [0.05, 0.1) is 0 Å². The van der Waals surface area contributed by atoms with Gasteiger partial charge >= 0.3 is 0 Å². The molecule has 1 aliphatic heterocycles. The number of nitrogens with one attached hydrogen (secondary N) is 1. The number of rotatable bonds is 6. The van der Waals surface area contributed by atoms with Gasteiger partial charge in [0.25, 0.3) is 5.91 Å². The molecule has 0 spiro atoms. The Labute approximate surface area is 139 Å². The summed E-state index contributed by atoms with van der Waals surface area (Å²) in [4.78, 5) is 12.3. The molecule has 0 saturated heterocycles. The second-order valence-electron chi connectivity index (χ2n) is 5.94. The first kappa shape index (κ1) is 18.8. The second kappa shape index (κ2) is 8.39. The van der Waals surface area contributed by atoms with Crippen LogP contribution in [0.2, 0.25) is 0 Å². The first-order valence-electron chi connectivity index (χ1n) is 7.82. The predicted molar refractivity (Wildman–Crippen MR) is 91.8 cm³/mol. The van der Waals surface area contributed by atoms with Crippen LogP contribution in [0.1, 0.15) is 42.9 Å². The number of halogens is 1. The third-order valence-corrected chi connectivity index (χ3v) is 4.18. The summed E-state index contributed by atoms with van der Waals surface area (Å²) in [7, 11) is 0. The molecule has 5 heteroatoms. The van der Waals surface area contributed by atoms with Gasteiger partial charge in [0.15, 0.2) is 6.10 Å². The predicted octanol–water partition coefficient (Wildman–Crippen LogP) is 2.66. The van der Waals surface area contributed by atoms with E-state index in [0.29, 0.717) is 13.0 Å². The van der Waals surface area contributed by atoms with Crippen LogP contribution in [0.25, 0.3) is 0 Å². The van der Waals surface area contributed by atoms with Crippen LogP contribution in [0.3, 0.4) is 0 Å². The Morgan fingerprint density at radius 1 is 1.41 bits per heavy atom. The Morgan fingerprint density at radius 2 is 2.09 bits per heavy atom. The van der Waals surface area contributed by atoms with Gasteiger partial charge in [-0.15, -0.1) is 12.4 Å². The largest absolute Gasteiger partial charge is 0.480 e. The maximum atomic E-state index is 12.3. The molecule has 0 aromatic heterocycles. The number of ether oxygens (including phenoxy) is 1. The van der Waals surface area contributed by atoms with Crippen molar-refractivity contribution < 1.29 is 9.53 Å². The van der Waals surface area contributed by atoms with Crippen molar-refractivity contribution in [2.45, 2.75) is 58.6 Å². The molecule has 1 aromatic carbocycles. The van der Waals surface area contributed by atoms with Crippen LogP contribution in [0.15, 0.2) is 12.1 Å². The average Bonchev–Trinajstić information content (AvgIpc) is 2.86. The molecular formula is C17H27ClN2O2. The number of aryl methyl sites for hydroxylation is 2. The van der Waals surface area contributed by atoms with Crippen LogP contribution in [0.5, 0.6) is 5.75 Å². The quantitative estimate of drug-likeness (QED) is 0.844. The zero-order chi connectivity index (χ0) is 15.4. The van der Waals surface area contributed by atoms with E-state index in [4.69, 9.17) is 10.5 Å². The van der Waals surface area contributed by atoms with Crippen molar-refractivity contribution in [2.24, 2.45) is 5.73 Å². The number of fused-ring (bicyclic) bond motifs is 1. The molecule has 2 unspecified atom stereocenters. The Bertz CT molecular complexity index is 489. The number of hydrogen-bond donors (Lipinski definition) is 2. The van der Waals surface area contributed by atoms with Crippen molar-refractivity contribution in [3.8, 4) is 5.75 Å². The number of benzene rings is 1. The van der Waals surface area contributed by atoms with Gasteiger partial charge in [-0.1, -0.05) is 25.8 Å². The fourth-order valence-corrected chi connectivity index (χ4v) is 2.65. The van der Waals surface area contributed by atoms with E-state index in [2.05, 4.69) is 32.2 Å². The van der Waals surface area contributed by atoms with E-state index in [1.807, 2.05) is 6.07 Å². The first-order chi connectivity index (χ1) is 10.0. The lowest BCUT2D eigenvalue weighted by Gasteiger charge is -2.19. The van der Waals surface area contributed by atoms with Crippen LogP contribution in [0, 0.1) is 13.8 Å². The summed E-state index contributed by atoms with van der Waals surface area (Å²) >= 11 is 0. The summed E-state index contributed by atoms with van der Waals surface area (Å²) in [6.45, 7) is 6.75. The van der Waals surface area contributed by atoms with Gasteiger partial charge in [0.1, 0.15) is 5.75 Å². The highest BCUT2D eigenvalue weighted by Crippen LogP contribution is 2.31. The second-order valence-corrected chi connectivity index (χ2v) is 5.94. The molecule has 22 heavy (non-hydrogen) atoms. The normalized spacial score (nSPS) is 17.2. The van der Waals surface area contributed by atoms with E-state index in [0.717, 1.165) is 30.6 Å². The van der Waals surface area contributed by atoms with Crippen LogP contribution in [-0.2, 0) is 11.2 Å². The molecular weight excluding hydrogens is 300 g/mol. The Hall–Kier alpha value is -1.26. The van der Waals surface area contributed by atoms with Crippen molar-refractivity contribution in [1.29, 1.82) is 0 Å². The van der Waals surface area contributed by atoms with E-state index in [-0.39, 0.29) is 24.4 Å². The highest BCUT2D eigenvalue weighted by atomic mass is 35.5. The molecule has 1 amide bonds. The lowest BCUT2D eigenvalue weighted by molar-refractivity contribution is -0.127. The van der Waals surface area contributed by atoms with Crippen LogP contribution >= 0.6 is 12.4 Å². The van der Waals surface area contributed by atoms with Gasteiger partial charge in [-0.05, 0) is 43.0 Å². The highest BCUT2D eigenvalue weighted by molar-refractivity contribution is 5.85. The third-order valence-electron chi connectivity index (χ3n) is 4.18. The number of carbonyl (C=O) groups is 1. The van der Waals surface area contributed by atoms with Crippen molar-refractivity contribution in [3.63, 3.8) is 0 Å². The molecule has 124 valence electrons. The lowest BCUT2D eigenvalue weighted by atomic mass is 10.0. The summed E-state index contributed by atoms with van der Waals surface area (Å²) in [5, 5.41) is 3.02. The van der Waals surface area contributed by atoms with Gasteiger partial charge in [-0.3, -0.25) is 4.79 Å². The van der Waals surface area contributed by atoms with E-state index >= 15 is 0 Å². The number of unbranched alkanes of at least 4 members (excludes halogenated alkanes) is 1. The molecule has 0 bridgehead atoms. The minimum Gasteiger partial charge on any atom is -0.480 e. The van der Waals surface area contributed by atoms with Crippen LogP contribution in [0.4, 0.5) is 0 Å². The number of amides is 1. The molecule has 3 N–H and O–H groups in total. The Morgan fingerprint density at radius 3 is 2.73 bits per heavy atom. The van der Waals surface area contributed by atoms with E-state index in [9.17, 15) is 4.79 Å². The number of nitrogens with two attached hydrogens (primary N) is 1. The number of carbonyl (C=O) groups excluding carboxylic acids is 1. The van der Waals surface area contributed by atoms with Gasteiger partial charge in [-0.2, -0.15) is 0 Å². The molecule has 0 radical (unpaired) electrons. The maximum absolute atomic E-state index is 12.3. The molecule has 2 atom stereocenters. The molecule has 2 rings (SSSR count). The molecule has 0 aliphatic carbocycles. The van der Waals surface area contributed by atoms with Crippen molar-refractivity contribution in [3.05, 3.63) is 28.8 Å². The van der Waals surface area contributed by atoms with Crippen molar-refractivity contribution in [2.75, 3.05) is 6.54 Å². The average molecular weight is 327 g/mol. The van der Waals surface area contributed by atoms with Gasteiger partial charge in [-0.25, -0.2) is 0 Å². The van der Waals surface area contributed by atoms with Crippen molar-refractivity contribution in [1.82, 2.24) is 5.32 Å². The summed E-state index contributed by atoms with van der Waals surface area (Å²) in [5.74, 6) is 0.796. The van der Waals surface area contributed by atoms with Crippen molar-refractivity contribution >= 4 is 18.3 Å². The minimum absolute atomic E-state index is 0. The van der Waals surface area contributed by atoms with Crippen LogP contribution < -0.4 is 15.8 Å². The lowest BCUT2D eigenvalue weighted by Crippen LogP contribution is -2.46. The molecule has 4 nitrogen and oxygen atoms in total. The van der Waals surface area contributed by atoms with E-state index in [1.54, 1.807) is 0 Å². The monoisotopic (exact) mass is 326 g/mol. The van der Waals surface area contributed by atoms with E-state index < -0.39 is 6.10 Å². The third kappa shape index (κ3) is 4.37. The molecule has 0 saturated carbocycles. The molecule has 0 fully saturated rings. The van der Waals surface area contributed by atoms with E-state index in [1.165, 1.54) is 11.1 Å². The maximum Gasteiger partial charge on any atom is 0.261 e. The summed E-state index contributed by atoms with van der Waals surface area (Å²) in [6.07, 6.45) is 3.34. The summed E-state index contributed by atoms with van der Waals surface area (Å²) in [5.41, 5.74) is 9.28. The summed E-state index contributed by atoms with van der Waals surface area (Å²) in [6, 6.07) is 4.19. The SMILES string of the molecule is CCCCC(CN)NC(=O)C1Cc2cc(C)c(C)cc2O1.Cl. The first-order valence-corrected chi connectivity index (χ1v) is 7.82. The zero-order valence-electron chi connectivity index (χ0n) is 13.6. The van der Waals surface area contributed by atoms with Crippen LogP contribution in [-0.4, -0.2) is 24.6 Å². The Kier molecular flexibility index (Phi) is 7.17. The Balaban J connectivity index is 0.00000242. The molecule has 1 aliphatic rings. The standard InChI is InChI=1S/C17H26N2O2.ClH/c1-4-5-6-14(10-18)19-17(20)16-9-13-7-11(2)12(3)8-15(13)21-16;/h7-8,14,16H,4-6,9-10,18H2,1-3H3,(H,19,20);1H. The number of hydrogen-bond acceptors (Lipinski definition) is 3. The van der Waals surface area contributed by atoms with Gasteiger partial charge in [0.2, 0.25) is 0 Å². The molecule has 1 aromatic rings. The minimum atomic E-state index is -0.420.